The summed E-state index contributed by atoms with van der Waals surface area (Å²) in [6.07, 6.45) is 0. The number of nitrogens with zero attached hydrogens (tertiary/aromatic N) is 1. The summed E-state index contributed by atoms with van der Waals surface area (Å²) in [7, 11) is 3.47. The molecule has 5 heteroatoms. The van der Waals surface area contributed by atoms with Crippen LogP contribution >= 0.6 is 11.8 Å². The van der Waals surface area contributed by atoms with Gasteiger partial charge in [0, 0.05) is 38.8 Å². The predicted octanol–water partition coefficient (Wildman–Crippen LogP) is -0.204. The SMILES string of the molecule is COCCN(C)C(=O)C1CSCCN1. The quantitative estimate of drug-likeness (QED) is 0.709. The van der Waals surface area contributed by atoms with Gasteiger partial charge in [-0.3, -0.25) is 4.79 Å². The minimum Gasteiger partial charge on any atom is -0.383 e. The van der Waals surface area contributed by atoms with Crippen LogP contribution in [0.25, 0.3) is 0 Å². The molecule has 0 spiro atoms. The second-order valence-electron chi connectivity index (χ2n) is 3.33. The summed E-state index contributed by atoms with van der Waals surface area (Å²) in [5.74, 6) is 2.16. The molecule has 0 aromatic carbocycles. The van der Waals surface area contributed by atoms with Crippen molar-refractivity contribution >= 4 is 17.7 Å². The topological polar surface area (TPSA) is 41.6 Å². The van der Waals surface area contributed by atoms with Crippen LogP contribution in [0.1, 0.15) is 0 Å². The molecule has 1 atom stereocenters. The number of thioether (sulfide) groups is 1. The molecule has 14 heavy (non-hydrogen) atoms. The molecule has 4 nitrogen and oxygen atoms in total. The van der Waals surface area contributed by atoms with Crippen molar-refractivity contribution in [1.29, 1.82) is 0 Å². The van der Waals surface area contributed by atoms with E-state index in [4.69, 9.17) is 4.74 Å². The first-order chi connectivity index (χ1) is 6.75. The lowest BCUT2D eigenvalue weighted by atomic mass is 10.3. The second-order valence-corrected chi connectivity index (χ2v) is 4.48. The molecule has 0 saturated carbocycles. The van der Waals surface area contributed by atoms with Crippen LogP contribution < -0.4 is 5.32 Å². The number of carbonyl (C=O) groups is 1. The van der Waals surface area contributed by atoms with Gasteiger partial charge in [0.25, 0.3) is 0 Å². The zero-order chi connectivity index (χ0) is 10.4. The van der Waals surface area contributed by atoms with Crippen LogP contribution in [0, 0.1) is 0 Å². The number of carbonyl (C=O) groups excluding carboxylic acids is 1. The summed E-state index contributed by atoms with van der Waals surface area (Å²) in [6, 6.07) is -0.00407. The molecule has 1 heterocycles. The first-order valence-electron chi connectivity index (χ1n) is 4.80. The molecule has 1 N–H and O–H groups in total. The number of nitrogens with one attached hydrogen (secondary N) is 1. The molecule has 1 unspecified atom stereocenters. The minimum absolute atomic E-state index is 0.00407. The molecular formula is C9H18N2O2S. The van der Waals surface area contributed by atoms with Gasteiger partial charge >= 0.3 is 0 Å². The first kappa shape index (κ1) is 11.8. The number of likely N-dealkylation sites (N-methyl/N-ethyl adjacent to an activating group) is 1. The summed E-state index contributed by atoms with van der Waals surface area (Å²) in [4.78, 5) is 13.5. The van der Waals surface area contributed by atoms with Gasteiger partial charge in [-0.2, -0.15) is 11.8 Å². The summed E-state index contributed by atoms with van der Waals surface area (Å²) in [5.41, 5.74) is 0. The minimum atomic E-state index is -0.00407. The van der Waals surface area contributed by atoms with Crippen molar-refractivity contribution in [2.75, 3.05) is 45.4 Å². The lowest BCUT2D eigenvalue weighted by Crippen LogP contribution is -2.50. The van der Waals surface area contributed by atoms with Gasteiger partial charge in [0.2, 0.25) is 5.91 Å². The van der Waals surface area contributed by atoms with Crippen LogP contribution in [-0.4, -0.2) is 62.2 Å². The summed E-state index contributed by atoms with van der Waals surface area (Å²) in [5, 5.41) is 3.22. The monoisotopic (exact) mass is 218 g/mol. The molecule has 0 aliphatic carbocycles. The zero-order valence-corrected chi connectivity index (χ0v) is 9.60. The Hall–Kier alpha value is -0.260. The number of amides is 1. The number of ether oxygens (including phenoxy) is 1. The fraction of sp³-hybridized carbons (Fsp3) is 0.889. The Kier molecular flexibility index (Phi) is 5.29. The molecule has 1 fully saturated rings. The van der Waals surface area contributed by atoms with Crippen molar-refractivity contribution < 1.29 is 9.53 Å². The molecule has 82 valence electrons. The number of methoxy groups -OCH3 is 1. The van der Waals surface area contributed by atoms with Crippen molar-refractivity contribution in [1.82, 2.24) is 10.2 Å². The Balaban J connectivity index is 2.30. The maximum absolute atomic E-state index is 11.8. The number of hydrogen-bond donors (Lipinski definition) is 1. The van der Waals surface area contributed by atoms with Gasteiger partial charge in [0.05, 0.1) is 12.6 Å². The van der Waals surface area contributed by atoms with Crippen molar-refractivity contribution in [2.24, 2.45) is 0 Å². The van der Waals surface area contributed by atoms with E-state index in [1.54, 1.807) is 12.0 Å². The first-order valence-corrected chi connectivity index (χ1v) is 5.96. The summed E-state index contributed by atoms with van der Waals surface area (Å²) >= 11 is 1.83. The highest BCUT2D eigenvalue weighted by Crippen LogP contribution is 2.09. The molecular weight excluding hydrogens is 200 g/mol. The Morgan fingerprint density at radius 2 is 2.50 bits per heavy atom. The fourth-order valence-electron chi connectivity index (χ4n) is 1.33. The maximum atomic E-state index is 11.8. The number of hydrogen-bond acceptors (Lipinski definition) is 4. The maximum Gasteiger partial charge on any atom is 0.240 e. The third kappa shape index (κ3) is 3.48. The van der Waals surface area contributed by atoms with Gasteiger partial charge in [-0.15, -0.1) is 0 Å². The number of rotatable bonds is 4. The third-order valence-corrected chi connectivity index (χ3v) is 3.29. The average Bonchev–Trinajstić information content (AvgIpc) is 2.26. The van der Waals surface area contributed by atoms with Crippen molar-refractivity contribution in [3.05, 3.63) is 0 Å². The molecule has 1 rings (SSSR count). The predicted molar refractivity (Wildman–Crippen MR) is 58.6 cm³/mol. The van der Waals surface area contributed by atoms with Crippen molar-refractivity contribution in [2.45, 2.75) is 6.04 Å². The van der Waals surface area contributed by atoms with Gasteiger partial charge in [-0.1, -0.05) is 0 Å². The van der Waals surface area contributed by atoms with Crippen molar-refractivity contribution in [3.8, 4) is 0 Å². The fourth-order valence-corrected chi connectivity index (χ4v) is 2.25. The normalized spacial score (nSPS) is 22.0. The zero-order valence-electron chi connectivity index (χ0n) is 8.78. The van der Waals surface area contributed by atoms with E-state index in [2.05, 4.69) is 5.32 Å². The third-order valence-electron chi connectivity index (χ3n) is 2.23. The van der Waals surface area contributed by atoms with Crippen LogP contribution in [0.4, 0.5) is 0 Å². The standard InChI is InChI=1S/C9H18N2O2S/c1-11(4-5-13-2)9(12)8-7-14-6-3-10-8/h8,10H,3-7H2,1-2H3. The van der Waals surface area contributed by atoms with Gasteiger partial charge in [-0.25, -0.2) is 0 Å². The van der Waals surface area contributed by atoms with E-state index in [-0.39, 0.29) is 11.9 Å². The van der Waals surface area contributed by atoms with Gasteiger partial charge < -0.3 is 15.0 Å². The van der Waals surface area contributed by atoms with Crippen LogP contribution in [0.5, 0.6) is 0 Å². The summed E-state index contributed by atoms with van der Waals surface area (Å²) in [6.45, 7) is 2.19. The molecule has 0 bridgehead atoms. The largest absolute Gasteiger partial charge is 0.383 e. The molecule has 1 aliphatic heterocycles. The Labute approximate surface area is 89.4 Å². The molecule has 0 radical (unpaired) electrons. The Bertz CT molecular complexity index is 184. The Morgan fingerprint density at radius 3 is 3.07 bits per heavy atom. The van der Waals surface area contributed by atoms with Crippen LogP contribution in [0.2, 0.25) is 0 Å². The lowest BCUT2D eigenvalue weighted by Gasteiger charge is -2.26. The summed E-state index contributed by atoms with van der Waals surface area (Å²) < 4.78 is 4.93. The van der Waals surface area contributed by atoms with E-state index in [1.165, 1.54) is 0 Å². The highest BCUT2D eigenvalue weighted by atomic mass is 32.2. The highest BCUT2D eigenvalue weighted by molar-refractivity contribution is 7.99. The average molecular weight is 218 g/mol. The van der Waals surface area contributed by atoms with Crippen molar-refractivity contribution in [3.63, 3.8) is 0 Å². The van der Waals surface area contributed by atoms with Gasteiger partial charge in [0.15, 0.2) is 0 Å². The van der Waals surface area contributed by atoms with E-state index in [0.29, 0.717) is 13.2 Å². The molecule has 0 aromatic heterocycles. The van der Waals surface area contributed by atoms with E-state index < -0.39 is 0 Å². The van der Waals surface area contributed by atoms with Crippen LogP contribution in [0.3, 0.4) is 0 Å². The van der Waals surface area contributed by atoms with E-state index in [0.717, 1.165) is 18.1 Å². The highest BCUT2D eigenvalue weighted by Gasteiger charge is 2.23. The second kappa shape index (κ2) is 6.27. The molecule has 0 aromatic rings. The molecule has 1 aliphatic rings. The van der Waals surface area contributed by atoms with Gasteiger partial charge in [0.1, 0.15) is 0 Å². The molecule has 1 saturated heterocycles. The van der Waals surface area contributed by atoms with Crippen LogP contribution in [0.15, 0.2) is 0 Å². The van der Waals surface area contributed by atoms with Gasteiger partial charge in [-0.05, 0) is 0 Å². The van der Waals surface area contributed by atoms with E-state index >= 15 is 0 Å². The lowest BCUT2D eigenvalue weighted by molar-refractivity contribution is -0.132. The van der Waals surface area contributed by atoms with Crippen LogP contribution in [-0.2, 0) is 9.53 Å². The van der Waals surface area contributed by atoms with E-state index in [1.807, 2.05) is 18.8 Å². The van der Waals surface area contributed by atoms with E-state index in [9.17, 15) is 4.79 Å². The molecule has 1 amide bonds. The Morgan fingerprint density at radius 1 is 1.71 bits per heavy atom. The smallest absolute Gasteiger partial charge is 0.240 e.